The maximum absolute atomic E-state index is 12.7. The molecule has 6 heteroatoms. The lowest BCUT2D eigenvalue weighted by atomic mass is 9.85. The Morgan fingerprint density at radius 1 is 1.42 bits per heavy atom. The summed E-state index contributed by atoms with van der Waals surface area (Å²) in [5, 5.41) is 3.84. The van der Waals surface area contributed by atoms with Crippen molar-refractivity contribution in [1.29, 1.82) is 0 Å². The van der Waals surface area contributed by atoms with Crippen molar-refractivity contribution in [2.75, 3.05) is 11.1 Å². The largest absolute Gasteiger partial charge is 0.397 e. The fraction of sp³-hybridized carbons (Fsp3) is 0.300. The lowest BCUT2D eigenvalue weighted by Crippen LogP contribution is -2.14. The summed E-state index contributed by atoms with van der Waals surface area (Å²) in [7, 11) is 0. The molecule has 0 spiro atoms. The Kier molecular flexibility index (Phi) is 4.71. The van der Waals surface area contributed by atoms with E-state index in [9.17, 15) is 4.79 Å². The molecule has 2 heterocycles. The highest BCUT2D eigenvalue weighted by Crippen LogP contribution is 2.37. The van der Waals surface area contributed by atoms with E-state index in [1.807, 2.05) is 24.3 Å². The van der Waals surface area contributed by atoms with Gasteiger partial charge in [0.1, 0.15) is 9.71 Å². The molecule has 0 unspecified atom stereocenters. The second-order valence-corrected chi connectivity index (χ2v) is 8.60. The number of nitrogens with one attached hydrogen (secondary N) is 1. The first-order valence-electron chi connectivity index (χ1n) is 8.83. The van der Waals surface area contributed by atoms with Crippen LogP contribution in [-0.2, 0) is 12.8 Å². The Bertz CT molecular complexity index is 998. The van der Waals surface area contributed by atoms with Crippen molar-refractivity contribution >= 4 is 54.8 Å². The van der Waals surface area contributed by atoms with Gasteiger partial charge < -0.3 is 11.1 Å². The second-order valence-electron chi connectivity index (χ2n) is 6.74. The van der Waals surface area contributed by atoms with Crippen molar-refractivity contribution in [3.05, 3.63) is 50.9 Å². The molecule has 0 radical (unpaired) electrons. The van der Waals surface area contributed by atoms with Crippen molar-refractivity contribution in [2.45, 2.75) is 32.6 Å². The van der Waals surface area contributed by atoms with E-state index in [0.717, 1.165) is 39.1 Å². The van der Waals surface area contributed by atoms with Crippen LogP contribution >= 0.6 is 27.3 Å². The molecule has 1 aliphatic rings. The average Bonchev–Trinajstić information content (AvgIpc) is 2.97. The quantitative estimate of drug-likeness (QED) is 0.584. The molecule has 2 aromatic heterocycles. The molecular formula is C20H20BrN3OS. The van der Waals surface area contributed by atoms with Crippen LogP contribution in [0.25, 0.3) is 10.2 Å². The van der Waals surface area contributed by atoms with Gasteiger partial charge in [0, 0.05) is 15.6 Å². The zero-order chi connectivity index (χ0) is 18.3. The van der Waals surface area contributed by atoms with Crippen LogP contribution in [0, 0.1) is 5.92 Å². The SMILES string of the molecule is CC[C@@H]1CCc2nc3sc(C(=O)Nc4ccccc4Br)c(N)c3cc2C1. The molecule has 3 aromatic rings. The third-order valence-corrected chi connectivity index (χ3v) is 6.90. The Labute approximate surface area is 164 Å². The molecule has 0 saturated carbocycles. The number of halogens is 1. The summed E-state index contributed by atoms with van der Waals surface area (Å²) >= 11 is 4.83. The van der Waals surface area contributed by atoms with Gasteiger partial charge in [0.15, 0.2) is 0 Å². The maximum atomic E-state index is 12.7. The van der Waals surface area contributed by atoms with E-state index in [4.69, 9.17) is 10.7 Å². The summed E-state index contributed by atoms with van der Waals surface area (Å²) in [6.45, 7) is 2.24. The molecule has 4 rings (SSSR count). The molecule has 0 aliphatic heterocycles. The molecule has 1 aliphatic carbocycles. The number of nitrogens with zero attached hydrogens (tertiary/aromatic N) is 1. The number of hydrogen-bond acceptors (Lipinski definition) is 4. The number of amides is 1. The highest BCUT2D eigenvalue weighted by atomic mass is 79.9. The van der Waals surface area contributed by atoms with E-state index < -0.39 is 0 Å². The van der Waals surface area contributed by atoms with Crippen molar-refractivity contribution in [1.82, 2.24) is 4.98 Å². The first kappa shape index (κ1) is 17.5. The molecular weight excluding hydrogens is 410 g/mol. The van der Waals surface area contributed by atoms with Gasteiger partial charge in [-0.05, 0) is 64.9 Å². The van der Waals surface area contributed by atoms with E-state index in [2.05, 4.69) is 34.2 Å². The highest BCUT2D eigenvalue weighted by Gasteiger charge is 2.23. The van der Waals surface area contributed by atoms with Crippen LogP contribution < -0.4 is 11.1 Å². The molecule has 0 saturated heterocycles. The number of aryl methyl sites for hydroxylation is 1. The van der Waals surface area contributed by atoms with E-state index in [-0.39, 0.29) is 5.91 Å². The number of rotatable bonds is 3. The lowest BCUT2D eigenvalue weighted by molar-refractivity contribution is 0.103. The smallest absolute Gasteiger partial charge is 0.267 e. The van der Waals surface area contributed by atoms with Gasteiger partial charge in [0.25, 0.3) is 5.91 Å². The molecule has 134 valence electrons. The number of thiophene rings is 1. The molecule has 3 N–H and O–H groups in total. The summed E-state index contributed by atoms with van der Waals surface area (Å²) in [4.78, 5) is 19.0. The molecule has 26 heavy (non-hydrogen) atoms. The number of carbonyl (C=O) groups is 1. The second kappa shape index (κ2) is 7.00. The van der Waals surface area contributed by atoms with Crippen LogP contribution in [0.2, 0.25) is 0 Å². The van der Waals surface area contributed by atoms with E-state index >= 15 is 0 Å². The standard InChI is InChI=1S/C20H20BrN3OS/c1-2-11-7-8-15-12(9-11)10-13-17(22)18(26-20(13)24-15)19(25)23-16-6-4-3-5-14(16)21/h3-6,10-11H,2,7-9,22H2,1H3,(H,23,25)/t11-/m1/s1. The summed E-state index contributed by atoms with van der Waals surface area (Å²) in [6.07, 6.45) is 4.46. The van der Waals surface area contributed by atoms with E-state index in [1.54, 1.807) is 0 Å². The fourth-order valence-electron chi connectivity index (χ4n) is 3.52. The van der Waals surface area contributed by atoms with Crippen molar-refractivity contribution in [3.8, 4) is 0 Å². The van der Waals surface area contributed by atoms with Crippen LogP contribution in [0.3, 0.4) is 0 Å². The van der Waals surface area contributed by atoms with E-state index in [0.29, 0.717) is 10.6 Å². The molecule has 1 aromatic carbocycles. The number of para-hydroxylation sites is 1. The Hall–Kier alpha value is -1.92. The zero-order valence-corrected chi connectivity index (χ0v) is 16.9. The van der Waals surface area contributed by atoms with E-state index in [1.165, 1.54) is 35.4 Å². The number of nitrogens with two attached hydrogens (primary N) is 1. The average molecular weight is 430 g/mol. The number of nitrogen functional groups attached to an aromatic ring is 1. The van der Waals surface area contributed by atoms with Crippen molar-refractivity contribution < 1.29 is 4.79 Å². The zero-order valence-electron chi connectivity index (χ0n) is 14.5. The third kappa shape index (κ3) is 3.12. The minimum absolute atomic E-state index is 0.193. The number of fused-ring (bicyclic) bond motifs is 2. The molecule has 1 atom stereocenters. The van der Waals surface area contributed by atoms with Crippen LogP contribution in [0.5, 0.6) is 0 Å². The van der Waals surface area contributed by atoms with Crippen LogP contribution in [0.15, 0.2) is 34.8 Å². The predicted octanol–water partition coefficient (Wildman–Crippen LogP) is 5.41. The Morgan fingerprint density at radius 2 is 2.23 bits per heavy atom. The fourth-order valence-corrected chi connectivity index (χ4v) is 4.90. The summed E-state index contributed by atoms with van der Waals surface area (Å²) < 4.78 is 0.840. The molecule has 1 amide bonds. The number of benzene rings is 1. The Balaban J connectivity index is 1.69. The van der Waals surface area contributed by atoms with Gasteiger partial charge in [-0.1, -0.05) is 25.5 Å². The number of pyridine rings is 1. The summed E-state index contributed by atoms with van der Waals surface area (Å²) in [6, 6.07) is 9.69. The minimum Gasteiger partial charge on any atom is -0.397 e. The number of carbonyl (C=O) groups excluding carboxylic acids is 1. The third-order valence-electron chi connectivity index (χ3n) is 5.09. The van der Waals surface area contributed by atoms with Crippen LogP contribution in [0.4, 0.5) is 11.4 Å². The van der Waals surface area contributed by atoms with Gasteiger partial charge in [0.2, 0.25) is 0 Å². The van der Waals surface area contributed by atoms with Gasteiger partial charge in [-0.2, -0.15) is 0 Å². The van der Waals surface area contributed by atoms with Crippen LogP contribution in [-0.4, -0.2) is 10.9 Å². The van der Waals surface area contributed by atoms with Gasteiger partial charge >= 0.3 is 0 Å². The monoisotopic (exact) mass is 429 g/mol. The van der Waals surface area contributed by atoms with Crippen LogP contribution in [0.1, 0.15) is 40.7 Å². The Morgan fingerprint density at radius 3 is 3.00 bits per heavy atom. The number of hydrogen-bond donors (Lipinski definition) is 2. The minimum atomic E-state index is -0.193. The number of aromatic nitrogens is 1. The van der Waals surface area contributed by atoms with Gasteiger partial charge in [-0.15, -0.1) is 11.3 Å². The predicted molar refractivity (Wildman–Crippen MR) is 112 cm³/mol. The van der Waals surface area contributed by atoms with Crippen molar-refractivity contribution in [3.63, 3.8) is 0 Å². The topological polar surface area (TPSA) is 68.0 Å². The normalized spacial score (nSPS) is 16.5. The first-order valence-corrected chi connectivity index (χ1v) is 10.4. The molecule has 4 nitrogen and oxygen atoms in total. The highest BCUT2D eigenvalue weighted by molar-refractivity contribution is 9.10. The van der Waals surface area contributed by atoms with Gasteiger partial charge in [-0.3, -0.25) is 4.79 Å². The summed E-state index contributed by atoms with van der Waals surface area (Å²) in [5.41, 5.74) is 10.0. The maximum Gasteiger partial charge on any atom is 0.267 e. The van der Waals surface area contributed by atoms with Crippen molar-refractivity contribution in [2.24, 2.45) is 5.92 Å². The molecule has 0 bridgehead atoms. The van der Waals surface area contributed by atoms with Gasteiger partial charge in [-0.25, -0.2) is 4.98 Å². The lowest BCUT2D eigenvalue weighted by Gasteiger charge is -2.22. The van der Waals surface area contributed by atoms with Gasteiger partial charge in [0.05, 0.1) is 11.4 Å². The molecule has 0 fully saturated rings. The number of anilines is 2. The summed E-state index contributed by atoms with van der Waals surface area (Å²) in [5.74, 6) is 0.529. The first-order chi connectivity index (χ1) is 12.6.